The minimum Gasteiger partial charge on any atom is -0.507 e. The van der Waals surface area contributed by atoms with Gasteiger partial charge in [0.15, 0.2) is 0 Å². The molecule has 1 N–H and O–H groups in total. The molecule has 0 bridgehead atoms. The van der Waals surface area contributed by atoms with Crippen molar-refractivity contribution in [1.82, 2.24) is 9.47 Å². The normalized spacial score (nSPS) is 11.4. The minimum absolute atomic E-state index is 0.160. The van der Waals surface area contributed by atoms with Crippen LogP contribution in [0.2, 0.25) is 0 Å². The number of benzene rings is 2. The number of esters is 1. The number of phenols is 1. The highest BCUT2D eigenvalue weighted by Gasteiger charge is 2.27. The lowest BCUT2D eigenvalue weighted by Crippen LogP contribution is -2.13. The average Bonchev–Trinajstić information content (AvgIpc) is 2.96. The number of hydrogen-bond donors (Lipinski definition) is 1. The van der Waals surface area contributed by atoms with Crippen LogP contribution in [0.1, 0.15) is 28.5 Å². The van der Waals surface area contributed by atoms with Crippen LogP contribution in [-0.2, 0) is 24.1 Å². The molecule has 0 atom stereocenters. The van der Waals surface area contributed by atoms with Crippen LogP contribution in [0.5, 0.6) is 5.75 Å². The molecule has 1 aromatic heterocycles. The van der Waals surface area contributed by atoms with E-state index in [-0.39, 0.29) is 11.7 Å². The van der Waals surface area contributed by atoms with Gasteiger partial charge in [-0.05, 0) is 54.6 Å². The third kappa shape index (κ3) is 4.47. The number of halogens is 1. The van der Waals surface area contributed by atoms with Gasteiger partial charge in [-0.3, -0.25) is 0 Å². The summed E-state index contributed by atoms with van der Waals surface area (Å²) in [6.45, 7) is 2.69. The van der Waals surface area contributed by atoms with E-state index in [2.05, 4.69) is 28.1 Å². The lowest BCUT2D eigenvalue weighted by Gasteiger charge is -2.15. The second-order valence-electron chi connectivity index (χ2n) is 7.02. The Morgan fingerprint density at radius 1 is 1.28 bits per heavy atom. The van der Waals surface area contributed by atoms with E-state index >= 15 is 0 Å². The van der Waals surface area contributed by atoms with Gasteiger partial charge in [0.25, 0.3) is 0 Å². The Morgan fingerprint density at radius 2 is 1.97 bits per heavy atom. The van der Waals surface area contributed by atoms with Crippen LogP contribution in [0.15, 0.2) is 45.8 Å². The summed E-state index contributed by atoms with van der Waals surface area (Å²) in [5, 5.41) is 11.3. The van der Waals surface area contributed by atoms with Gasteiger partial charge < -0.3 is 19.3 Å². The molecule has 0 fully saturated rings. The number of aromatic nitrogens is 1. The summed E-state index contributed by atoms with van der Waals surface area (Å²) in [6.07, 6.45) is 0. The number of phenolic OH excluding ortho intramolecular Hbond substituents is 1. The Labute approximate surface area is 183 Å². The summed E-state index contributed by atoms with van der Waals surface area (Å²) in [6, 6.07) is 11.8. The maximum absolute atomic E-state index is 13.0. The highest BCUT2D eigenvalue weighted by atomic mass is 79.9. The van der Waals surface area contributed by atoms with E-state index in [1.165, 1.54) is 0 Å². The number of carbonyl (C=O) groups is 1. The van der Waals surface area contributed by atoms with Gasteiger partial charge in [-0.15, -0.1) is 11.8 Å². The highest BCUT2D eigenvalue weighted by Crippen LogP contribution is 2.40. The van der Waals surface area contributed by atoms with Crippen LogP contribution in [0.3, 0.4) is 0 Å². The van der Waals surface area contributed by atoms with Crippen molar-refractivity contribution in [3.8, 4) is 5.75 Å². The summed E-state index contributed by atoms with van der Waals surface area (Å²) in [5.41, 5.74) is 3.14. The summed E-state index contributed by atoms with van der Waals surface area (Å²) in [5.74, 6) is 0.440. The molecule has 0 aliphatic heterocycles. The zero-order valence-electron chi connectivity index (χ0n) is 17.0. The maximum atomic E-state index is 13.0. The molecule has 0 unspecified atom stereocenters. The largest absolute Gasteiger partial charge is 0.507 e. The number of aromatic hydroxyl groups is 1. The first-order chi connectivity index (χ1) is 13.8. The third-order valence-corrected chi connectivity index (χ3v) is 6.61. The molecular formula is C22H25BrN2O3S. The first-order valence-electron chi connectivity index (χ1n) is 9.36. The molecule has 29 heavy (non-hydrogen) atoms. The van der Waals surface area contributed by atoms with Crippen molar-refractivity contribution in [2.45, 2.75) is 24.1 Å². The molecule has 0 radical (unpaired) electrons. The van der Waals surface area contributed by atoms with Gasteiger partial charge in [-0.1, -0.05) is 18.2 Å². The number of hydrogen-bond acceptors (Lipinski definition) is 5. The highest BCUT2D eigenvalue weighted by molar-refractivity contribution is 9.10. The molecule has 154 valence electrons. The lowest BCUT2D eigenvalue weighted by atomic mass is 10.0. The molecule has 5 nitrogen and oxygen atoms in total. The van der Waals surface area contributed by atoms with Crippen LogP contribution in [0, 0.1) is 0 Å². The molecule has 2 aromatic carbocycles. The Balaban J connectivity index is 2.22. The molecular weight excluding hydrogens is 452 g/mol. The maximum Gasteiger partial charge on any atom is 0.340 e. The molecule has 0 amide bonds. The topological polar surface area (TPSA) is 54.7 Å². The molecule has 1 heterocycles. The van der Waals surface area contributed by atoms with E-state index in [1.54, 1.807) is 17.8 Å². The first kappa shape index (κ1) is 21.7. The Bertz CT molecular complexity index is 1030. The molecule has 7 heteroatoms. The van der Waals surface area contributed by atoms with Gasteiger partial charge in [-0.2, -0.15) is 0 Å². The van der Waals surface area contributed by atoms with Crippen molar-refractivity contribution in [2.24, 2.45) is 7.05 Å². The first-order valence-corrected chi connectivity index (χ1v) is 11.1. The fourth-order valence-electron chi connectivity index (χ4n) is 3.41. The quantitative estimate of drug-likeness (QED) is 0.376. The van der Waals surface area contributed by atoms with E-state index in [4.69, 9.17) is 4.74 Å². The number of thioether (sulfide) groups is 1. The predicted molar refractivity (Wildman–Crippen MR) is 122 cm³/mol. The van der Waals surface area contributed by atoms with Crippen molar-refractivity contribution >= 4 is 44.6 Å². The van der Waals surface area contributed by atoms with Gasteiger partial charge in [0.1, 0.15) is 5.75 Å². The minimum atomic E-state index is -0.334. The summed E-state index contributed by atoms with van der Waals surface area (Å²) < 4.78 is 8.02. The van der Waals surface area contributed by atoms with Crippen molar-refractivity contribution in [3.63, 3.8) is 0 Å². The number of fused-ring (bicyclic) bond motifs is 1. The monoisotopic (exact) mass is 476 g/mol. The van der Waals surface area contributed by atoms with E-state index in [0.717, 1.165) is 27.1 Å². The van der Waals surface area contributed by atoms with Crippen molar-refractivity contribution < 1.29 is 14.6 Å². The SMILES string of the molecule is CCOC(=O)c1c(CSc2ccccc2)n(C)c2cc(O)c(Br)c(CN(C)C)c12. The molecule has 0 aliphatic carbocycles. The Morgan fingerprint density at radius 3 is 2.59 bits per heavy atom. The summed E-state index contributed by atoms with van der Waals surface area (Å²) in [7, 11) is 5.85. The molecule has 3 rings (SSSR count). The molecule has 0 saturated heterocycles. The second-order valence-corrected chi connectivity index (χ2v) is 8.86. The number of rotatable bonds is 7. The molecule has 3 aromatic rings. The van der Waals surface area contributed by atoms with Crippen molar-refractivity contribution in [2.75, 3.05) is 20.7 Å². The lowest BCUT2D eigenvalue weighted by molar-refractivity contribution is 0.0527. The summed E-state index contributed by atoms with van der Waals surface area (Å²) >= 11 is 5.19. The van der Waals surface area contributed by atoms with Crippen molar-refractivity contribution in [3.05, 3.63) is 57.7 Å². The molecule has 0 spiro atoms. The van der Waals surface area contributed by atoms with Crippen molar-refractivity contribution in [1.29, 1.82) is 0 Å². The fraction of sp³-hybridized carbons (Fsp3) is 0.318. The van der Waals surface area contributed by atoms with Crippen LogP contribution in [-0.4, -0.2) is 41.2 Å². The van der Waals surface area contributed by atoms with Gasteiger partial charge in [0.05, 0.1) is 22.2 Å². The fourth-order valence-corrected chi connectivity index (χ4v) is 4.84. The zero-order chi connectivity index (χ0) is 21.1. The summed E-state index contributed by atoms with van der Waals surface area (Å²) in [4.78, 5) is 16.1. The van der Waals surface area contributed by atoms with Gasteiger partial charge in [0.2, 0.25) is 0 Å². The predicted octanol–water partition coefficient (Wildman–Crippen LogP) is 5.18. The number of nitrogens with zero attached hydrogens (tertiary/aromatic N) is 2. The standard InChI is InChI=1S/C22H25BrN2O3S/c1-5-28-22(27)20-17(13-29-14-9-7-6-8-10-14)25(4)16-11-18(26)21(23)15(19(16)20)12-24(2)3/h6-11,26H,5,12-13H2,1-4H3. The molecule has 0 aliphatic rings. The second kappa shape index (κ2) is 9.24. The third-order valence-electron chi connectivity index (χ3n) is 4.70. The van der Waals surface area contributed by atoms with Gasteiger partial charge >= 0.3 is 5.97 Å². The van der Waals surface area contributed by atoms with E-state index in [0.29, 0.717) is 28.9 Å². The number of ether oxygens (including phenoxy) is 1. The average molecular weight is 477 g/mol. The molecule has 0 saturated carbocycles. The number of aryl methyl sites for hydroxylation is 1. The van der Waals surface area contributed by atoms with E-state index < -0.39 is 0 Å². The van der Waals surface area contributed by atoms with E-state index in [1.807, 2.05) is 55.7 Å². The van der Waals surface area contributed by atoms with Crippen LogP contribution >= 0.6 is 27.7 Å². The Kier molecular flexibility index (Phi) is 6.93. The van der Waals surface area contributed by atoms with Gasteiger partial charge in [0, 0.05) is 41.4 Å². The van der Waals surface area contributed by atoms with Crippen LogP contribution < -0.4 is 0 Å². The van der Waals surface area contributed by atoms with Crippen LogP contribution in [0.25, 0.3) is 10.9 Å². The zero-order valence-corrected chi connectivity index (χ0v) is 19.4. The van der Waals surface area contributed by atoms with Crippen LogP contribution in [0.4, 0.5) is 0 Å². The van der Waals surface area contributed by atoms with Gasteiger partial charge in [-0.25, -0.2) is 4.79 Å². The Hall–Kier alpha value is -1.96. The smallest absolute Gasteiger partial charge is 0.340 e. The van der Waals surface area contributed by atoms with E-state index in [9.17, 15) is 9.90 Å². The number of carbonyl (C=O) groups excluding carboxylic acids is 1.